The zero-order valence-electron chi connectivity index (χ0n) is 15.4. The highest BCUT2D eigenvalue weighted by molar-refractivity contribution is 7.07. The summed E-state index contributed by atoms with van der Waals surface area (Å²) in [4.78, 5) is 9.10. The molecule has 0 saturated heterocycles. The van der Waals surface area contributed by atoms with Crippen LogP contribution in [0.15, 0.2) is 72.1 Å². The molecule has 1 N–H and O–H groups in total. The maximum atomic E-state index is 10.7. The molecule has 0 fully saturated rings. The Kier molecular flexibility index (Phi) is 5.50. The Morgan fingerprint density at radius 1 is 1.18 bits per heavy atom. The van der Waals surface area contributed by atoms with E-state index in [0.717, 1.165) is 40.3 Å². The van der Waals surface area contributed by atoms with E-state index >= 15 is 0 Å². The lowest BCUT2D eigenvalue weighted by molar-refractivity contribution is 0.0934. The van der Waals surface area contributed by atoms with Crippen molar-refractivity contribution in [1.29, 1.82) is 0 Å². The molecule has 4 aromatic rings. The summed E-state index contributed by atoms with van der Waals surface area (Å²) in [5.41, 5.74) is 5.51. The zero-order valence-corrected chi connectivity index (χ0v) is 16.2. The minimum absolute atomic E-state index is 0.192. The quantitative estimate of drug-likeness (QED) is 0.454. The van der Waals surface area contributed by atoms with E-state index in [-0.39, 0.29) is 6.61 Å². The van der Waals surface area contributed by atoms with Crippen molar-refractivity contribution in [2.45, 2.75) is 19.1 Å². The molecule has 0 spiro atoms. The number of ether oxygens (including phenoxy) is 1. The summed E-state index contributed by atoms with van der Waals surface area (Å²) < 4.78 is 7.91. The van der Waals surface area contributed by atoms with Gasteiger partial charge in [0.15, 0.2) is 5.82 Å². The topological polar surface area (TPSA) is 60.2 Å². The molecule has 0 aliphatic carbocycles. The highest BCUT2D eigenvalue weighted by Gasteiger charge is 2.17. The van der Waals surface area contributed by atoms with Crippen molar-refractivity contribution >= 4 is 22.4 Å². The fraction of sp³-hybridized carbons (Fsp3) is 0.182. The van der Waals surface area contributed by atoms with Gasteiger partial charge in [0.1, 0.15) is 24.2 Å². The van der Waals surface area contributed by atoms with Gasteiger partial charge in [-0.05, 0) is 30.2 Å². The lowest BCUT2D eigenvalue weighted by Crippen LogP contribution is -2.24. The summed E-state index contributed by atoms with van der Waals surface area (Å²) in [6.07, 6.45) is 1.88. The third-order valence-corrected chi connectivity index (χ3v) is 5.06. The molecule has 2 aromatic heterocycles. The number of rotatable bonds is 8. The number of hydrogen-bond donors (Lipinski definition) is 1. The summed E-state index contributed by atoms with van der Waals surface area (Å²) in [5.74, 6) is 1.53. The van der Waals surface area contributed by atoms with Gasteiger partial charge in [0.05, 0.1) is 23.1 Å². The molecule has 142 valence electrons. The van der Waals surface area contributed by atoms with Crippen LogP contribution < -0.4 is 4.74 Å². The van der Waals surface area contributed by atoms with Crippen LogP contribution in [0.25, 0.3) is 22.6 Å². The van der Waals surface area contributed by atoms with E-state index in [0.29, 0.717) is 6.54 Å². The first-order valence-electron chi connectivity index (χ1n) is 9.09. The Morgan fingerprint density at radius 3 is 2.82 bits per heavy atom. The van der Waals surface area contributed by atoms with Crippen LogP contribution >= 0.6 is 11.3 Å². The average Bonchev–Trinajstić information content (AvgIpc) is 3.36. The zero-order chi connectivity index (χ0) is 19.3. The molecule has 0 bridgehead atoms. The second-order valence-electron chi connectivity index (χ2n) is 6.47. The van der Waals surface area contributed by atoms with Crippen LogP contribution in [0.2, 0.25) is 0 Å². The van der Waals surface area contributed by atoms with Crippen LogP contribution in [0.4, 0.5) is 0 Å². The number of aromatic nitrogens is 3. The monoisotopic (exact) mass is 391 g/mol. The molecule has 28 heavy (non-hydrogen) atoms. The van der Waals surface area contributed by atoms with Gasteiger partial charge in [-0.3, -0.25) is 0 Å². The first kappa shape index (κ1) is 18.4. The Balaban J connectivity index is 1.55. The largest absolute Gasteiger partial charge is 0.491 e. The van der Waals surface area contributed by atoms with Crippen molar-refractivity contribution in [3.05, 3.63) is 77.6 Å². The fourth-order valence-electron chi connectivity index (χ4n) is 3.20. The molecule has 6 heteroatoms. The summed E-state index contributed by atoms with van der Waals surface area (Å²) in [6, 6.07) is 15.7. The number of aliphatic hydroxyl groups excluding tert-OH is 1. The highest BCUT2D eigenvalue weighted by atomic mass is 32.1. The third kappa shape index (κ3) is 3.83. The van der Waals surface area contributed by atoms with E-state index < -0.39 is 6.10 Å². The molecular formula is C22H21N3O2S. The van der Waals surface area contributed by atoms with Gasteiger partial charge in [-0.15, -0.1) is 17.9 Å². The lowest BCUT2D eigenvalue weighted by atomic mass is 10.1. The number of benzene rings is 2. The van der Waals surface area contributed by atoms with Gasteiger partial charge in [-0.2, -0.15) is 0 Å². The molecule has 4 rings (SSSR count). The molecule has 1 atom stereocenters. The summed E-state index contributed by atoms with van der Waals surface area (Å²) in [5, 5.41) is 12.6. The first-order chi connectivity index (χ1) is 13.8. The third-order valence-electron chi connectivity index (χ3n) is 4.48. The van der Waals surface area contributed by atoms with Gasteiger partial charge in [0.25, 0.3) is 0 Å². The summed E-state index contributed by atoms with van der Waals surface area (Å²) in [7, 11) is 0. The van der Waals surface area contributed by atoms with Gasteiger partial charge in [-0.1, -0.05) is 36.4 Å². The van der Waals surface area contributed by atoms with Crippen LogP contribution in [-0.2, 0) is 13.0 Å². The van der Waals surface area contributed by atoms with Gasteiger partial charge < -0.3 is 14.4 Å². The van der Waals surface area contributed by atoms with E-state index in [1.54, 1.807) is 5.51 Å². The number of nitrogens with zero attached hydrogens (tertiary/aromatic N) is 3. The first-order valence-corrected chi connectivity index (χ1v) is 10.0. The van der Waals surface area contributed by atoms with Crippen molar-refractivity contribution < 1.29 is 9.84 Å². The normalized spacial score (nSPS) is 12.2. The van der Waals surface area contributed by atoms with Crippen molar-refractivity contribution in [3.8, 4) is 17.3 Å². The number of hydrogen-bond acceptors (Lipinski definition) is 5. The van der Waals surface area contributed by atoms with Gasteiger partial charge in [0, 0.05) is 5.38 Å². The molecule has 5 nitrogen and oxygen atoms in total. The number of imidazole rings is 1. The number of allylic oxidation sites excluding steroid dienone is 1. The predicted octanol–water partition coefficient (Wildman–Crippen LogP) is 4.33. The van der Waals surface area contributed by atoms with Gasteiger partial charge >= 0.3 is 0 Å². The number of para-hydroxylation sites is 3. The van der Waals surface area contributed by atoms with Gasteiger partial charge in [0.2, 0.25) is 0 Å². The molecule has 0 aliphatic rings. The lowest BCUT2D eigenvalue weighted by Gasteiger charge is -2.16. The van der Waals surface area contributed by atoms with Crippen LogP contribution in [0.1, 0.15) is 5.56 Å². The van der Waals surface area contributed by atoms with Gasteiger partial charge in [-0.25, -0.2) is 9.97 Å². The highest BCUT2D eigenvalue weighted by Crippen LogP contribution is 2.25. The molecular weight excluding hydrogens is 370 g/mol. The van der Waals surface area contributed by atoms with Crippen LogP contribution in [0.5, 0.6) is 5.75 Å². The van der Waals surface area contributed by atoms with Crippen LogP contribution in [0.3, 0.4) is 0 Å². The second-order valence-corrected chi connectivity index (χ2v) is 7.19. The molecule has 0 aliphatic heterocycles. The second kappa shape index (κ2) is 8.37. The van der Waals surface area contributed by atoms with Crippen molar-refractivity contribution in [3.63, 3.8) is 0 Å². The minimum Gasteiger partial charge on any atom is -0.491 e. The summed E-state index contributed by atoms with van der Waals surface area (Å²) in [6.45, 7) is 4.35. The molecule has 2 aromatic carbocycles. The van der Waals surface area contributed by atoms with Crippen molar-refractivity contribution in [2.24, 2.45) is 0 Å². The standard InChI is InChI=1S/C22H21N3O2S/c1-2-7-16-8-3-6-11-21(16)27-13-17(26)12-25-20-10-5-4-9-18(20)24-22(25)19-14-28-15-23-19/h2-6,8-11,14-15,17,26H,1,7,12-13H2. The van der Waals surface area contributed by atoms with E-state index in [4.69, 9.17) is 9.72 Å². The fourth-order valence-corrected chi connectivity index (χ4v) is 3.73. The molecule has 0 saturated carbocycles. The van der Waals surface area contributed by atoms with Crippen LogP contribution in [-0.4, -0.2) is 32.4 Å². The minimum atomic E-state index is -0.688. The van der Waals surface area contributed by atoms with Crippen molar-refractivity contribution in [2.75, 3.05) is 6.61 Å². The van der Waals surface area contributed by atoms with Crippen molar-refractivity contribution in [1.82, 2.24) is 14.5 Å². The molecule has 0 radical (unpaired) electrons. The molecule has 1 unspecified atom stereocenters. The van der Waals surface area contributed by atoms with E-state index in [1.807, 2.05) is 64.6 Å². The molecule has 0 amide bonds. The van der Waals surface area contributed by atoms with E-state index in [1.165, 1.54) is 11.3 Å². The maximum absolute atomic E-state index is 10.7. The Bertz CT molecular complexity index is 1070. The number of aliphatic hydroxyl groups is 1. The smallest absolute Gasteiger partial charge is 0.160 e. The Morgan fingerprint density at radius 2 is 2.00 bits per heavy atom. The van der Waals surface area contributed by atoms with Crippen LogP contribution in [0, 0.1) is 0 Å². The van der Waals surface area contributed by atoms with E-state index in [9.17, 15) is 5.11 Å². The number of fused-ring (bicyclic) bond motifs is 1. The SMILES string of the molecule is C=CCc1ccccc1OCC(O)Cn1c(-c2cscn2)nc2ccccc21. The Hall–Kier alpha value is -2.96. The molecule has 2 heterocycles. The average molecular weight is 391 g/mol. The number of thiazole rings is 1. The van der Waals surface area contributed by atoms with E-state index in [2.05, 4.69) is 11.6 Å². The maximum Gasteiger partial charge on any atom is 0.160 e. The summed E-state index contributed by atoms with van der Waals surface area (Å²) >= 11 is 1.53. The Labute approximate surface area is 167 Å². The predicted molar refractivity (Wildman–Crippen MR) is 113 cm³/mol.